The Bertz CT molecular complexity index is 3730. The Morgan fingerprint density at radius 1 is 0.520 bits per heavy atom. The fourth-order valence-corrected chi connectivity index (χ4v) is 12.0. The van der Waals surface area contributed by atoms with E-state index in [9.17, 15) is 0 Å². The van der Waals surface area contributed by atoms with E-state index in [2.05, 4.69) is 257 Å². The third kappa shape index (κ3) is 9.48. The molecule has 2 aliphatic carbocycles. The zero-order valence-corrected chi connectivity index (χ0v) is 45.0. The summed E-state index contributed by atoms with van der Waals surface area (Å²) in [5, 5.41) is 2.54. The summed E-state index contributed by atoms with van der Waals surface area (Å²) in [4.78, 5) is 2.39. The maximum Gasteiger partial charge on any atom is 0.0547 e. The normalized spacial score (nSPS) is 14.5. The minimum absolute atomic E-state index is 0.476. The van der Waals surface area contributed by atoms with Crippen LogP contribution in [0.1, 0.15) is 94.9 Å². The number of nitrogens with zero attached hydrogens (tertiary/aromatic N) is 2. The van der Waals surface area contributed by atoms with Crippen molar-refractivity contribution in [1.29, 1.82) is 0 Å². The van der Waals surface area contributed by atoms with Crippen LogP contribution in [-0.2, 0) is 6.42 Å². The maximum absolute atomic E-state index is 2.55. The van der Waals surface area contributed by atoms with E-state index in [-0.39, 0.29) is 0 Å². The number of fused-ring (bicyclic) bond motifs is 3. The molecular formula is C73H70N2. The Morgan fingerprint density at radius 2 is 1.11 bits per heavy atom. The molecule has 2 heteroatoms. The maximum atomic E-state index is 2.55. The van der Waals surface area contributed by atoms with E-state index < -0.39 is 0 Å². The lowest BCUT2D eigenvalue weighted by Crippen LogP contribution is -2.14. The zero-order chi connectivity index (χ0) is 51.6. The molecule has 9 aromatic carbocycles. The van der Waals surface area contributed by atoms with E-state index in [0.29, 0.717) is 11.8 Å². The number of hydrogen-bond acceptors (Lipinski definition) is 1. The molecule has 1 aromatic heterocycles. The van der Waals surface area contributed by atoms with Crippen LogP contribution in [0, 0.1) is 12.8 Å². The van der Waals surface area contributed by atoms with E-state index >= 15 is 0 Å². The number of hydrogen-bond donors (Lipinski definition) is 0. The van der Waals surface area contributed by atoms with E-state index in [4.69, 9.17) is 0 Å². The fraction of sp³-hybridized carbons (Fsp3) is 0.205. The second-order valence-corrected chi connectivity index (χ2v) is 20.8. The van der Waals surface area contributed by atoms with E-state index in [1.807, 2.05) is 13.8 Å². The van der Waals surface area contributed by atoms with Crippen molar-refractivity contribution in [3.05, 3.63) is 240 Å². The average molecular weight is 975 g/mol. The third-order valence-corrected chi connectivity index (χ3v) is 16.2. The molecule has 1 atom stereocenters. The van der Waals surface area contributed by atoms with Gasteiger partial charge in [-0.1, -0.05) is 210 Å². The molecule has 0 N–H and O–H groups in total. The van der Waals surface area contributed by atoms with Gasteiger partial charge in [0.05, 0.1) is 11.0 Å². The summed E-state index contributed by atoms with van der Waals surface area (Å²) in [6.07, 6.45) is 11.8. The molecule has 0 radical (unpaired) electrons. The van der Waals surface area contributed by atoms with Crippen molar-refractivity contribution in [2.24, 2.45) is 5.92 Å². The fourth-order valence-electron chi connectivity index (χ4n) is 12.0. The highest BCUT2D eigenvalue weighted by molar-refractivity contribution is 6.11. The highest BCUT2D eigenvalue weighted by atomic mass is 15.1. The topological polar surface area (TPSA) is 8.17 Å². The molecule has 0 amide bonds. The van der Waals surface area contributed by atoms with Gasteiger partial charge in [0, 0.05) is 40.4 Å². The van der Waals surface area contributed by atoms with Gasteiger partial charge in [0.2, 0.25) is 0 Å². The minimum atomic E-state index is 0.476. The van der Waals surface area contributed by atoms with Gasteiger partial charge < -0.3 is 9.47 Å². The Hall–Kier alpha value is -7.94. The number of aryl methyl sites for hydroxylation is 2. The molecule has 10 aromatic rings. The second-order valence-electron chi connectivity index (χ2n) is 20.8. The molecule has 1 saturated carbocycles. The molecule has 75 heavy (non-hydrogen) atoms. The van der Waals surface area contributed by atoms with Crippen molar-refractivity contribution >= 4 is 38.8 Å². The van der Waals surface area contributed by atoms with Crippen LogP contribution in [0.25, 0.3) is 88.7 Å². The second kappa shape index (κ2) is 21.5. The average Bonchev–Trinajstić information content (AvgIpc) is 3.78. The first-order valence-corrected chi connectivity index (χ1v) is 27.7. The first-order chi connectivity index (χ1) is 36.8. The monoisotopic (exact) mass is 975 g/mol. The van der Waals surface area contributed by atoms with Gasteiger partial charge in [0.15, 0.2) is 0 Å². The van der Waals surface area contributed by atoms with Crippen LogP contribution in [0.15, 0.2) is 218 Å². The molecule has 1 fully saturated rings. The molecule has 1 heterocycles. The lowest BCUT2D eigenvalue weighted by atomic mass is 9.74. The molecule has 0 bridgehead atoms. The molecule has 0 aliphatic heterocycles. The Balaban J connectivity index is 0.00000298. The first-order valence-electron chi connectivity index (χ1n) is 27.7. The molecule has 2 nitrogen and oxygen atoms in total. The summed E-state index contributed by atoms with van der Waals surface area (Å²) in [5.74, 6) is 1.11. The minimum Gasteiger partial charge on any atom is -0.344 e. The van der Waals surface area contributed by atoms with Gasteiger partial charge in [-0.25, -0.2) is 0 Å². The summed E-state index contributed by atoms with van der Waals surface area (Å²) in [6.45, 7) is 13.2. The molecule has 0 spiro atoms. The largest absolute Gasteiger partial charge is 0.344 e. The first kappa shape index (κ1) is 49.3. The van der Waals surface area contributed by atoms with Crippen molar-refractivity contribution < 1.29 is 0 Å². The van der Waals surface area contributed by atoms with Crippen molar-refractivity contribution in [1.82, 2.24) is 4.57 Å². The summed E-state index contributed by atoms with van der Waals surface area (Å²) in [7, 11) is 2.23. The van der Waals surface area contributed by atoms with Gasteiger partial charge in [-0.15, -0.1) is 0 Å². The molecule has 1 unspecified atom stereocenters. The lowest BCUT2D eigenvalue weighted by molar-refractivity contribution is 0.419. The number of rotatable bonds is 12. The quantitative estimate of drug-likeness (QED) is 0.118. The van der Waals surface area contributed by atoms with E-state index in [1.165, 1.54) is 147 Å². The van der Waals surface area contributed by atoms with Crippen molar-refractivity contribution in [3.8, 4) is 61.3 Å². The summed E-state index contributed by atoms with van der Waals surface area (Å²) in [5.41, 5.74) is 26.9. The van der Waals surface area contributed by atoms with Crippen LogP contribution >= 0.6 is 0 Å². The zero-order valence-electron chi connectivity index (χ0n) is 45.0. The van der Waals surface area contributed by atoms with Crippen molar-refractivity contribution in [2.75, 3.05) is 11.9 Å². The van der Waals surface area contributed by atoms with Crippen molar-refractivity contribution in [3.63, 3.8) is 0 Å². The Kier molecular flexibility index (Phi) is 14.1. The van der Waals surface area contributed by atoms with Crippen LogP contribution in [-0.4, -0.2) is 11.6 Å². The summed E-state index contributed by atoms with van der Waals surface area (Å²) < 4.78 is 2.55. The molecule has 372 valence electrons. The Morgan fingerprint density at radius 3 is 1.72 bits per heavy atom. The van der Waals surface area contributed by atoms with Crippen LogP contribution < -0.4 is 4.90 Å². The van der Waals surface area contributed by atoms with Gasteiger partial charge >= 0.3 is 0 Å². The van der Waals surface area contributed by atoms with E-state index in [0.717, 1.165) is 19.3 Å². The molecule has 2 aliphatic rings. The van der Waals surface area contributed by atoms with Crippen LogP contribution in [0.5, 0.6) is 0 Å². The number of aromatic nitrogens is 1. The predicted molar refractivity (Wildman–Crippen MR) is 325 cm³/mol. The Labute approximate surface area is 446 Å². The SMILES string of the molecule is CC.CCCc1ccc(N(C)c2cc(-c3ccccc3)ccc2-c2ccc(-c3ccc4c5ccc(-c6ccccc6)cc5n(-c5ccc(C6CCC6)c(C6=C(C)C=CCC6C)c5)c4c3)cc2)cc1-c1ccccc1C. The van der Waals surface area contributed by atoms with Gasteiger partial charge in [-0.2, -0.15) is 0 Å². The van der Waals surface area contributed by atoms with Gasteiger partial charge in [0.1, 0.15) is 0 Å². The predicted octanol–water partition coefficient (Wildman–Crippen LogP) is 20.8. The molecule has 12 rings (SSSR count). The third-order valence-electron chi connectivity index (χ3n) is 16.2. The summed E-state index contributed by atoms with van der Waals surface area (Å²) >= 11 is 0. The van der Waals surface area contributed by atoms with E-state index in [1.54, 1.807) is 0 Å². The highest BCUT2D eigenvalue weighted by Crippen LogP contribution is 2.46. The standard InChI is InChI=1S/C71H64N2.C2H6/c1-6-17-53-32-36-59(45-66(53)61-27-14-13-18-47(61)2)72(5)68-42-56(50-21-9-7-10-22-50)33-38-63(68)55-30-28-52(29-31-55)58-35-40-65-64-39-34-57(51-23-11-8-12-24-51)43-69(64)73(70(65)44-58)60-37-41-62(54-25-16-26-54)67(46-60)71-48(3)19-15-20-49(71)4;1-2/h7-15,18-19,21-24,27-46,49,54H,6,16-17,20,25-26H2,1-5H3;1-2H3. The molecular weight excluding hydrogens is 905 g/mol. The number of anilines is 2. The van der Waals surface area contributed by atoms with Crippen LogP contribution in [0.2, 0.25) is 0 Å². The van der Waals surface area contributed by atoms with Gasteiger partial charge in [-0.3, -0.25) is 0 Å². The smallest absolute Gasteiger partial charge is 0.0547 e. The van der Waals surface area contributed by atoms with Crippen LogP contribution in [0.4, 0.5) is 11.4 Å². The van der Waals surface area contributed by atoms with Gasteiger partial charge in [0.25, 0.3) is 0 Å². The summed E-state index contributed by atoms with van der Waals surface area (Å²) in [6, 6.07) is 75.3. The highest BCUT2D eigenvalue weighted by Gasteiger charge is 2.27. The van der Waals surface area contributed by atoms with Crippen molar-refractivity contribution in [2.45, 2.75) is 86.0 Å². The van der Waals surface area contributed by atoms with Gasteiger partial charge in [-0.05, 0) is 177 Å². The number of allylic oxidation sites excluding steroid dienone is 4. The molecule has 0 saturated heterocycles. The lowest BCUT2D eigenvalue weighted by Gasteiger charge is -2.31. The van der Waals surface area contributed by atoms with Crippen LogP contribution in [0.3, 0.4) is 0 Å². The number of benzene rings is 9.